The van der Waals surface area contributed by atoms with E-state index in [0.29, 0.717) is 0 Å². The molecule has 22 heavy (non-hydrogen) atoms. The SMILES string of the molecule is CC(C)(C)OC(=O)NCCNc1ccc(C(F)(F)F)c(Cl)n1. The van der Waals surface area contributed by atoms with E-state index >= 15 is 0 Å². The highest BCUT2D eigenvalue weighted by Gasteiger charge is 2.33. The molecule has 0 atom stereocenters. The first-order valence-corrected chi connectivity index (χ1v) is 6.81. The fourth-order valence-electron chi connectivity index (χ4n) is 1.41. The van der Waals surface area contributed by atoms with Crippen molar-refractivity contribution in [3.05, 3.63) is 22.8 Å². The summed E-state index contributed by atoms with van der Waals surface area (Å²) in [4.78, 5) is 15.0. The maximum atomic E-state index is 12.5. The number of alkyl carbamates (subject to hydrolysis) is 1. The number of alkyl halides is 3. The molecule has 0 aliphatic carbocycles. The molecular formula is C13H17ClF3N3O2. The van der Waals surface area contributed by atoms with E-state index in [0.717, 1.165) is 6.07 Å². The maximum absolute atomic E-state index is 12.5. The van der Waals surface area contributed by atoms with E-state index in [4.69, 9.17) is 16.3 Å². The number of anilines is 1. The third-order valence-corrected chi connectivity index (χ3v) is 2.54. The van der Waals surface area contributed by atoms with Crippen LogP contribution in [-0.2, 0) is 10.9 Å². The number of hydrogen-bond acceptors (Lipinski definition) is 4. The number of amides is 1. The van der Waals surface area contributed by atoms with Crippen LogP contribution in [0, 0.1) is 0 Å². The minimum absolute atomic E-state index is 0.184. The van der Waals surface area contributed by atoms with E-state index in [1.165, 1.54) is 6.07 Å². The molecule has 0 bridgehead atoms. The molecule has 0 spiro atoms. The van der Waals surface area contributed by atoms with Gasteiger partial charge in [0, 0.05) is 13.1 Å². The summed E-state index contributed by atoms with van der Waals surface area (Å²) in [6.07, 6.45) is -5.12. The Kier molecular flexibility index (Phi) is 5.87. The van der Waals surface area contributed by atoms with Gasteiger partial charge in [0.2, 0.25) is 0 Å². The minimum atomic E-state index is -4.54. The number of aromatic nitrogens is 1. The van der Waals surface area contributed by atoms with Crippen molar-refractivity contribution in [2.24, 2.45) is 0 Å². The number of ether oxygens (including phenoxy) is 1. The number of carbonyl (C=O) groups excluding carboxylic acids is 1. The highest BCUT2D eigenvalue weighted by Crippen LogP contribution is 2.34. The lowest BCUT2D eigenvalue weighted by Gasteiger charge is -2.19. The minimum Gasteiger partial charge on any atom is -0.444 e. The molecule has 0 aromatic carbocycles. The maximum Gasteiger partial charge on any atom is 0.419 e. The Morgan fingerprint density at radius 1 is 1.27 bits per heavy atom. The molecule has 5 nitrogen and oxygen atoms in total. The summed E-state index contributed by atoms with van der Waals surface area (Å²) in [5.41, 5.74) is -1.59. The van der Waals surface area contributed by atoms with Gasteiger partial charge in [0.15, 0.2) is 0 Å². The zero-order chi connectivity index (χ0) is 17.0. The van der Waals surface area contributed by atoms with Gasteiger partial charge in [-0.05, 0) is 32.9 Å². The van der Waals surface area contributed by atoms with Gasteiger partial charge >= 0.3 is 12.3 Å². The Balaban J connectivity index is 2.43. The molecular weight excluding hydrogens is 323 g/mol. The molecule has 0 unspecified atom stereocenters. The number of rotatable bonds is 4. The summed E-state index contributed by atoms with van der Waals surface area (Å²) in [5, 5.41) is 4.62. The van der Waals surface area contributed by atoms with E-state index in [1.54, 1.807) is 20.8 Å². The predicted octanol–water partition coefficient (Wildman–Crippen LogP) is 3.69. The third-order valence-electron chi connectivity index (χ3n) is 2.25. The van der Waals surface area contributed by atoms with Gasteiger partial charge in [0.25, 0.3) is 0 Å². The molecule has 0 saturated carbocycles. The number of carbonyl (C=O) groups is 1. The van der Waals surface area contributed by atoms with Gasteiger partial charge in [-0.25, -0.2) is 9.78 Å². The number of hydrogen-bond donors (Lipinski definition) is 2. The second-order valence-corrected chi connectivity index (χ2v) is 5.75. The monoisotopic (exact) mass is 339 g/mol. The molecule has 0 aliphatic heterocycles. The van der Waals surface area contributed by atoms with E-state index < -0.39 is 28.6 Å². The number of nitrogens with zero attached hydrogens (tertiary/aromatic N) is 1. The molecule has 9 heteroatoms. The summed E-state index contributed by atoms with van der Waals surface area (Å²) in [6, 6.07) is 2.02. The van der Waals surface area contributed by atoms with Crippen LogP contribution in [0.4, 0.5) is 23.8 Å². The fourth-order valence-corrected chi connectivity index (χ4v) is 1.67. The van der Waals surface area contributed by atoms with Crippen molar-refractivity contribution in [2.75, 3.05) is 18.4 Å². The molecule has 1 rings (SSSR count). The van der Waals surface area contributed by atoms with Gasteiger partial charge < -0.3 is 15.4 Å². The molecule has 0 radical (unpaired) electrons. The Labute approximate surface area is 131 Å². The Hall–Kier alpha value is -1.70. The largest absolute Gasteiger partial charge is 0.444 e. The highest BCUT2D eigenvalue weighted by atomic mass is 35.5. The van der Waals surface area contributed by atoms with E-state index in [9.17, 15) is 18.0 Å². The first kappa shape index (κ1) is 18.3. The lowest BCUT2D eigenvalue weighted by atomic mass is 10.2. The first-order valence-electron chi connectivity index (χ1n) is 6.43. The van der Waals surface area contributed by atoms with Crippen LogP contribution >= 0.6 is 11.6 Å². The molecule has 0 saturated heterocycles. The molecule has 0 fully saturated rings. The molecule has 1 heterocycles. The second kappa shape index (κ2) is 7.04. The topological polar surface area (TPSA) is 63.2 Å². The van der Waals surface area contributed by atoms with Crippen molar-refractivity contribution in [3.8, 4) is 0 Å². The van der Waals surface area contributed by atoms with Crippen molar-refractivity contribution >= 4 is 23.5 Å². The van der Waals surface area contributed by atoms with E-state index in [1.807, 2.05) is 0 Å². The molecule has 1 amide bonds. The van der Waals surface area contributed by atoms with Gasteiger partial charge in [-0.15, -0.1) is 0 Å². The van der Waals surface area contributed by atoms with Crippen molar-refractivity contribution in [3.63, 3.8) is 0 Å². The molecule has 124 valence electrons. The summed E-state index contributed by atoms with van der Waals surface area (Å²) in [6.45, 7) is 5.68. The van der Waals surface area contributed by atoms with Crippen LogP contribution in [0.2, 0.25) is 5.15 Å². The normalized spacial score (nSPS) is 12.0. The highest BCUT2D eigenvalue weighted by molar-refractivity contribution is 6.30. The molecule has 0 aliphatic rings. The summed E-state index contributed by atoms with van der Waals surface area (Å²) < 4.78 is 42.5. The van der Waals surface area contributed by atoms with Gasteiger partial charge in [0.1, 0.15) is 16.6 Å². The number of pyridine rings is 1. The summed E-state index contributed by atoms with van der Waals surface area (Å²) in [7, 11) is 0. The Morgan fingerprint density at radius 3 is 2.41 bits per heavy atom. The summed E-state index contributed by atoms with van der Waals surface area (Å²) in [5.74, 6) is 0.184. The van der Waals surface area contributed by atoms with Crippen LogP contribution in [0.1, 0.15) is 26.3 Å². The van der Waals surface area contributed by atoms with Crippen LogP contribution in [0.15, 0.2) is 12.1 Å². The standard InChI is InChI=1S/C13H17ClF3N3O2/c1-12(2,3)22-11(21)19-7-6-18-9-5-4-8(10(14)20-9)13(15,16)17/h4-5H,6-7H2,1-3H3,(H,18,20)(H,19,21). The van der Waals surface area contributed by atoms with Gasteiger partial charge in [-0.1, -0.05) is 11.6 Å². The van der Waals surface area contributed by atoms with Crippen molar-refractivity contribution in [2.45, 2.75) is 32.5 Å². The summed E-state index contributed by atoms with van der Waals surface area (Å²) >= 11 is 5.49. The predicted molar refractivity (Wildman–Crippen MR) is 77.0 cm³/mol. The lowest BCUT2D eigenvalue weighted by Crippen LogP contribution is -2.35. The molecule has 2 N–H and O–H groups in total. The van der Waals surface area contributed by atoms with E-state index in [2.05, 4.69) is 15.6 Å². The van der Waals surface area contributed by atoms with Gasteiger partial charge in [-0.2, -0.15) is 13.2 Å². The van der Waals surface area contributed by atoms with Crippen LogP contribution in [-0.4, -0.2) is 29.8 Å². The van der Waals surface area contributed by atoms with Crippen molar-refractivity contribution in [1.29, 1.82) is 0 Å². The molecule has 1 aromatic rings. The zero-order valence-electron chi connectivity index (χ0n) is 12.3. The second-order valence-electron chi connectivity index (χ2n) is 5.39. The first-order chi connectivity index (χ1) is 9.99. The van der Waals surface area contributed by atoms with Crippen molar-refractivity contribution < 1.29 is 22.7 Å². The number of halogens is 4. The van der Waals surface area contributed by atoms with Gasteiger partial charge in [0.05, 0.1) is 5.56 Å². The third kappa shape index (κ3) is 6.38. The molecule has 1 aromatic heterocycles. The number of nitrogens with one attached hydrogen (secondary N) is 2. The average Bonchev–Trinajstić information content (AvgIpc) is 2.31. The Morgan fingerprint density at radius 2 is 1.91 bits per heavy atom. The van der Waals surface area contributed by atoms with Crippen LogP contribution < -0.4 is 10.6 Å². The smallest absolute Gasteiger partial charge is 0.419 e. The lowest BCUT2D eigenvalue weighted by molar-refractivity contribution is -0.137. The average molecular weight is 340 g/mol. The zero-order valence-corrected chi connectivity index (χ0v) is 13.1. The Bertz CT molecular complexity index is 530. The van der Waals surface area contributed by atoms with Crippen LogP contribution in [0.5, 0.6) is 0 Å². The van der Waals surface area contributed by atoms with Crippen LogP contribution in [0.3, 0.4) is 0 Å². The van der Waals surface area contributed by atoms with Gasteiger partial charge in [-0.3, -0.25) is 0 Å². The van der Waals surface area contributed by atoms with Crippen LogP contribution in [0.25, 0.3) is 0 Å². The van der Waals surface area contributed by atoms with E-state index in [-0.39, 0.29) is 18.9 Å². The quantitative estimate of drug-likeness (QED) is 0.648. The van der Waals surface area contributed by atoms with Crippen molar-refractivity contribution in [1.82, 2.24) is 10.3 Å². The fraction of sp³-hybridized carbons (Fsp3) is 0.538.